The monoisotopic (exact) mass is 310 g/mol. The van der Waals surface area contributed by atoms with Crippen molar-refractivity contribution in [3.63, 3.8) is 0 Å². The average Bonchev–Trinajstić information content (AvgIpc) is 2.96. The molecule has 1 aromatic heterocycles. The van der Waals surface area contributed by atoms with Gasteiger partial charge in [0.05, 0.1) is 19.9 Å². The Morgan fingerprint density at radius 1 is 1.09 bits per heavy atom. The van der Waals surface area contributed by atoms with Crippen molar-refractivity contribution in [1.29, 1.82) is 0 Å². The normalized spacial score (nSPS) is 10.6. The van der Waals surface area contributed by atoms with Gasteiger partial charge in [0.2, 0.25) is 0 Å². The second-order valence-corrected chi connectivity index (χ2v) is 5.19. The summed E-state index contributed by atoms with van der Waals surface area (Å²) in [5.41, 5.74) is 2.20. The van der Waals surface area contributed by atoms with Gasteiger partial charge in [0.1, 0.15) is 11.5 Å². The lowest BCUT2D eigenvalue weighted by Gasteiger charge is -2.12. The van der Waals surface area contributed by atoms with Gasteiger partial charge in [-0.3, -0.25) is 4.79 Å². The minimum atomic E-state index is -0.187. The average molecular weight is 310 g/mol. The van der Waals surface area contributed by atoms with E-state index in [9.17, 15) is 4.79 Å². The third-order valence-corrected chi connectivity index (χ3v) is 3.83. The van der Waals surface area contributed by atoms with Crippen LogP contribution in [0.25, 0.3) is 10.9 Å². The first-order valence-corrected chi connectivity index (χ1v) is 7.21. The number of nitrogens with zero attached hydrogens (tertiary/aromatic N) is 1. The number of hydrogen-bond donors (Lipinski definition) is 1. The van der Waals surface area contributed by atoms with Gasteiger partial charge in [-0.15, -0.1) is 0 Å². The minimum Gasteiger partial charge on any atom is -0.497 e. The van der Waals surface area contributed by atoms with Gasteiger partial charge in [0.25, 0.3) is 5.91 Å². The molecule has 0 bridgehead atoms. The highest BCUT2D eigenvalue weighted by atomic mass is 16.5. The van der Waals surface area contributed by atoms with E-state index >= 15 is 0 Å². The molecule has 118 valence electrons. The summed E-state index contributed by atoms with van der Waals surface area (Å²) < 4.78 is 12.5. The van der Waals surface area contributed by atoms with Crippen LogP contribution in [0.5, 0.6) is 11.5 Å². The number of methoxy groups -OCH3 is 2. The Morgan fingerprint density at radius 3 is 2.65 bits per heavy atom. The fraction of sp³-hybridized carbons (Fsp3) is 0.167. The molecule has 0 saturated carbocycles. The second kappa shape index (κ2) is 6.04. The van der Waals surface area contributed by atoms with Crippen LogP contribution in [0.1, 0.15) is 10.4 Å². The topological polar surface area (TPSA) is 52.5 Å². The van der Waals surface area contributed by atoms with Gasteiger partial charge in [-0.2, -0.15) is 0 Å². The van der Waals surface area contributed by atoms with E-state index in [4.69, 9.17) is 9.47 Å². The summed E-state index contributed by atoms with van der Waals surface area (Å²) in [5, 5.41) is 3.81. The van der Waals surface area contributed by atoms with Gasteiger partial charge in [0.15, 0.2) is 0 Å². The van der Waals surface area contributed by atoms with E-state index in [1.807, 2.05) is 42.1 Å². The molecular weight excluding hydrogens is 292 g/mol. The molecule has 0 fully saturated rings. The number of hydrogen-bond acceptors (Lipinski definition) is 3. The first kappa shape index (κ1) is 15.0. The van der Waals surface area contributed by atoms with Gasteiger partial charge in [0, 0.05) is 35.8 Å². The molecule has 3 aromatic rings. The molecule has 5 nitrogen and oxygen atoms in total. The third kappa shape index (κ3) is 2.73. The Kier molecular flexibility index (Phi) is 3.93. The van der Waals surface area contributed by atoms with Crippen molar-refractivity contribution in [2.45, 2.75) is 0 Å². The SMILES string of the molecule is COc1ccc(OC)c(NC(=O)c2cccc3c2ccn3C)c1. The fourth-order valence-corrected chi connectivity index (χ4v) is 2.60. The van der Waals surface area contributed by atoms with Crippen LogP contribution in [0.3, 0.4) is 0 Å². The number of carbonyl (C=O) groups excluding carboxylic acids is 1. The van der Waals surface area contributed by atoms with Crippen molar-refractivity contribution in [1.82, 2.24) is 4.57 Å². The molecule has 0 aliphatic heterocycles. The Hall–Kier alpha value is -2.95. The number of aromatic nitrogens is 1. The summed E-state index contributed by atoms with van der Waals surface area (Å²) in [5.74, 6) is 1.05. The molecule has 0 aliphatic rings. The van der Waals surface area contributed by atoms with Crippen LogP contribution in [0.15, 0.2) is 48.7 Å². The van der Waals surface area contributed by atoms with Gasteiger partial charge in [-0.05, 0) is 30.3 Å². The van der Waals surface area contributed by atoms with Crippen molar-refractivity contribution < 1.29 is 14.3 Å². The molecular formula is C18H18N2O3. The molecule has 0 saturated heterocycles. The number of amides is 1. The molecule has 0 spiro atoms. The molecule has 1 heterocycles. The minimum absolute atomic E-state index is 0.187. The number of rotatable bonds is 4. The molecule has 23 heavy (non-hydrogen) atoms. The van der Waals surface area contributed by atoms with Crippen molar-refractivity contribution in [2.24, 2.45) is 7.05 Å². The quantitative estimate of drug-likeness (QED) is 0.803. The third-order valence-electron chi connectivity index (χ3n) is 3.83. The highest BCUT2D eigenvalue weighted by Gasteiger charge is 2.14. The first-order chi connectivity index (χ1) is 11.1. The zero-order valence-electron chi connectivity index (χ0n) is 13.3. The van der Waals surface area contributed by atoms with E-state index in [1.165, 1.54) is 0 Å². The van der Waals surface area contributed by atoms with Crippen molar-refractivity contribution in [3.05, 3.63) is 54.2 Å². The number of anilines is 1. The van der Waals surface area contributed by atoms with Crippen LogP contribution in [0.4, 0.5) is 5.69 Å². The summed E-state index contributed by atoms with van der Waals surface area (Å²) in [4.78, 5) is 12.7. The highest BCUT2D eigenvalue weighted by Crippen LogP contribution is 2.30. The van der Waals surface area contributed by atoms with Crippen LogP contribution in [-0.4, -0.2) is 24.7 Å². The number of fused-ring (bicyclic) bond motifs is 1. The fourth-order valence-electron chi connectivity index (χ4n) is 2.60. The Morgan fingerprint density at radius 2 is 1.91 bits per heavy atom. The molecule has 3 rings (SSSR count). The number of carbonyl (C=O) groups is 1. The summed E-state index contributed by atoms with van der Waals surface area (Å²) in [7, 11) is 5.10. The Bertz CT molecular complexity index is 868. The molecule has 5 heteroatoms. The van der Waals surface area contributed by atoms with E-state index in [1.54, 1.807) is 32.4 Å². The van der Waals surface area contributed by atoms with Gasteiger partial charge >= 0.3 is 0 Å². The number of nitrogens with one attached hydrogen (secondary N) is 1. The standard InChI is InChI=1S/C18H18N2O3/c1-20-10-9-13-14(5-4-6-16(13)20)18(21)19-15-11-12(22-2)7-8-17(15)23-3/h4-11H,1-3H3,(H,19,21). The molecule has 1 N–H and O–H groups in total. The van der Waals surface area contributed by atoms with Crippen LogP contribution < -0.4 is 14.8 Å². The van der Waals surface area contributed by atoms with Crippen LogP contribution in [0, 0.1) is 0 Å². The summed E-state index contributed by atoms with van der Waals surface area (Å²) in [6, 6.07) is 12.9. The zero-order chi connectivity index (χ0) is 16.4. The smallest absolute Gasteiger partial charge is 0.256 e. The van der Waals surface area contributed by atoms with Gasteiger partial charge in [-0.25, -0.2) is 0 Å². The molecule has 0 atom stereocenters. The molecule has 2 aromatic carbocycles. The largest absolute Gasteiger partial charge is 0.497 e. The predicted octanol–water partition coefficient (Wildman–Crippen LogP) is 3.45. The maximum absolute atomic E-state index is 12.7. The van der Waals surface area contributed by atoms with Crippen LogP contribution >= 0.6 is 0 Å². The highest BCUT2D eigenvalue weighted by molar-refractivity contribution is 6.13. The molecule has 0 radical (unpaired) electrons. The number of aryl methyl sites for hydroxylation is 1. The number of benzene rings is 2. The summed E-state index contributed by atoms with van der Waals surface area (Å²) >= 11 is 0. The molecule has 0 unspecified atom stereocenters. The maximum Gasteiger partial charge on any atom is 0.256 e. The van der Waals surface area contributed by atoms with E-state index in [0.29, 0.717) is 22.7 Å². The lowest BCUT2D eigenvalue weighted by molar-refractivity contribution is 0.102. The van der Waals surface area contributed by atoms with Crippen molar-refractivity contribution in [2.75, 3.05) is 19.5 Å². The van der Waals surface area contributed by atoms with E-state index in [2.05, 4.69) is 5.32 Å². The van der Waals surface area contributed by atoms with E-state index in [-0.39, 0.29) is 5.91 Å². The van der Waals surface area contributed by atoms with Gasteiger partial charge in [-0.1, -0.05) is 6.07 Å². The lowest BCUT2D eigenvalue weighted by Crippen LogP contribution is -2.13. The van der Waals surface area contributed by atoms with E-state index in [0.717, 1.165) is 10.9 Å². The second-order valence-electron chi connectivity index (χ2n) is 5.19. The lowest BCUT2D eigenvalue weighted by atomic mass is 10.1. The Balaban J connectivity index is 1.98. The zero-order valence-corrected chi connectivity index (χ0v) is 13.3. The first-order valence-electron chi connectivity index (χ1n) is 7.21. The summed E-state index contributed by atoms with van der Waals surface area (Å²) in [6.45, 7) is 0. The Labute approximate surface area is 134 Å². The van der Waals surface area contributed by atoms with E-state index < -0.39 is 0 Å². The van der Waals surface area contributed by atoms with Crippen LogP contribution in [-0.2, 0) is 7.05 Å². The molecule has 0 aliphatic carbocycles. The predicted molar refractivity (Wildman–Crippen MR) is 90.4 cm³/mol. The number of ether oxygens (including phenoxy) is 2. The van der Waals surface area contributed by atoms with Gasteiger partial charge < -0.3 is 19.4 Å². The van der Waals surface area contributed by atoms with Crippen molar-refractivity contribution >= 4 is 22.5 Å². The van der Waals surface area contributed by atoms with Crippen LogP contribution in [0.2, 0.25) is 0 Å². The summed E-state index contributed by atoms with van der Waals surface area (Å²) in [6.07, 6.45) is 1.94. The van der Waals surface area contributed by atoms with Crippen molar-refractivity contribution in [3.8, 4) is 11.5 Å². The maximum atomic E-state index is 12.7. The molecule has 1 amide bonds.